The molecule has 0 N–H and O–H groups in total. The fourth-order valence-corrected chi connectivity index (χ4v) is 3.63. The van der Waals surface area contributed by atoms with Crippen LogP contribution >= 0.6 is 11.3 Å². The predicted octanol–water partition coefficient (Wildman–Crippen LogP) is 3.07. The molecule has 5 nitrogen and oxygen atoms in total. The molecule has 0 spiro atoms. The number of thiazole rings is 1. The summed E-state index contributed by atoms with van der Waals surface area (Å²) in [4.78, 5) is 19.8. The van der Waals surface area contributed by atoms with Gasteiger partial charge in [-0.15, -0.1) is 11.3 Å². The number of nitrogens with zero attached hydrogens (tertiary/aromatic N) is 2. The average molecular weight is 332 g/mol. The zero-order chi connectivity index (χ0) is 16.2. The standard InChI is InChI=1S/C17H20N2O3S/c1-19(17-18-14-5-3-4-6-15(14)23-17)16(20)11-22-13-9-7-12(21-2)8-10-13/h7-10H,3-6,11H2,1-2H3. The van der Waals surface area contributed by atoms with Crippen molar-refractivity contribution in [2.45, 2.75) is 25.7 Å². The molecule has 122 valence electrons. The van der Waals surface area contributed by atoms with Crippen LogP contribution in [0.1, 0.15) is 23.4 Å². The number of aryl methyl sites for hydroxylation is 2. The number of benzene rings is 1. The summed E-state index contributed by atoms with van der Waals surface area (Å²) >= 11 is 1.62. The van der Waals surface area contributed by atoms with Crippen LogP contribution in [0, 0.1) is 0 Å². The van der Waals surface area contributed by atoms with E-state index in [4.69, 9.17) is 9.47 Å². The first-order valence-corrected chi connectivity index (χ1v) is 8.51. The van der Waals surface area contributed by atoms with E-state index in [1.54, 1.807) is 54.7 Å². The third-order valence-corrected chi connectivity index (χ3v) is 5.15. The molecule has 0 atom stereocenters. The molecule has 6 heteroatoms. The van der Waals surface area contributed by atoms with Crippen molar-refractivity contribution in [2.24, 2.45) is 0 Å². The lowest BCUT2D eigenvalue weighted by atomic mass is 10.0. The topological polar surface area (TPSA) is 51.7 Å². The van der Waals surface area contributed by atoms with Gasteiger partial charge in [0.25, 0.3) is 5.91 Å². The lowest BCUT2D eigenvalue weighted by Crippen LogP contribution is -2.31. The summed E-state index contributed by atoms with van der Waals surface area (Å²) in [5.41, 5.74) is 1.16. The lowest BCUT2D eigenvalue weighted by molar-refractivity contribution is -0.120. The van der Waals surface area contributed by atoms with E-state index in [1.807, 2.05) is 0 Å². The zero-order valence-electron chi connectivity index (χ0n) is 13.4. The highest BCUT2D eigenvalue weighted by molar-refractivity contribution is 7.15. The van der Waals surface area contributed by atoms with E-state index >= 15 is 0 Å². The van der Waals surface area contributed by atoms with Crippen molar-refractivity contribution in [1.29, 1.82) is 0 Å². The van der Waals surface area contributed by atoms with Gasteiger partial charge in [0, 0.05) is 11.9 Å². The summed E-state index contributed by atoms with van der Waals surface area (Å²) in [6, 6.07) is 7.18. The first-order chi connectivity index (χ1) is 11.2. The number of anilines is 1. The van der Waals surface area contributed by atoms with Crippen LogP contribution in [-0.4, -0.2) is 31.7 Å². The molecule has 1 heterocycles. The van der Waals surface area contributed by atoms with Gasteiger partial charge in [0.2, 0.25) is 0 Å². The summed E-state index contributed by atoms with van der Waals surface area (Å²) in [7, 11) is 3.37. The molecule has 1 aromatic carbocycles. The van der Waals surface area contributed by atoms with E-state index < -0.39 is 0 Å². The molecule has 3 rings (SSSR count). The van der Waals surface area contributed by atoms with Crippen molar-refractivity contribution in [3.63, 3.8) is 0 Å². The number of carbonyl (C=O) groups excluding carboxylic acids is 1. The van der Waals surface area contributed by atoms with Crippen molar-refractivity contribution >= 4 is 22.4 Å². The van der Waals surface area contributed by atoms with Crippen LogP contribution in [0.2, 0.25) is 0 Å². The fraction of sp³-hybridized carbons (Fsp3) is 0.412. The number of hydrogen-bond acceptors (Lipinski definition) is 5. The molecule has 1 aliphatic carbocycles. The fourth-order valence-electron chi connectivity index (χ4n) is 2.50. The van der Waals surface area contributed by atoms with Gasteiger partial charge in [0.1, 0.15) is 11.5 Å². The minimum atomic E-state index is -0.105. The van der Waals surface area contributed by atoms with E-state index in [9.17, 15) is 4.79 Å². The van der Waals surface area contributed by atoms with E-state index in [0.717, 1.165) is 29.4 Å². The quantitative estimate of drug-likeness (QED) is 0.844. The van der Waals surface area contributed by atoms with Crippen LogP contribution in [0.15, 0.2) is 24.3 Å². The van der Waals surface area contributed by atoms with Crippen LogP contribution in [0.25, 0.3) is 0 Å². The Morgan fingerprint density at radius 2 is 1.91 bits per heavy atom. The summed E-state index contributed by atoms with van der Waals surface area (Å²) < 4.78 is 10.6. The van der Waals surface area contributed by atoms with Crippen molar-refractivity contribution < 1.29 is 14.3 Å². The molecular formula is C17H20N2O3S. The summed E-state index contributed by atoms with van der Waals surface area (Å²) in [5, 5.41) is 0.764. The van der Waals surface area contributed by atoms with Crippen molar-refractivity contribution in [3.8, 4) is 11.5 Å². The van der Waals surface area contributed by atoms with Gasteiger partial charge in [-0.1, -0.05) is 0 Å². The number of carbonyl (C=O) groups is 1. The molecule has 0 aliphatic heterocycles. The summed E-state index contributed by atoms with van der Waals surface area (Å²) in [6.45, 7) is -0.00687. The Bertz CT molecular complexity index is 658. The minimum Gasteiger partial charge on any atom is -0.497 e. The van der Waals surface area contributed by atoms with Gasteiger partial charge >= 0.3 is 0 Å². The van der Waals surface area contributed by atoms with Gasteiger partial charge in [-0.3, -0.25) is 9.69 Å². The number of ether oxygens (including phenoxy) is 2. The Labute approximate surface area is 139 Å². The molecule has 1 aromatic heterocycles. The SMILES string of the molecule is COc1ccc(OCC(=O)N(C)c2nc3c(s2)CCCC3)cc1. The maximum atomic E-state index is 12.3. The Morgan fingerprint density at radius 1 is 1.22 bits per heavy atom. The van der Waals surface area contributed by atoms with E-state index in [-0.39, 0.29) is 12.5 Å². The lowest BCUT2D eigenvalue weighted by Gasteiger charge is -2.14. The Balaban J connectivity index is 1.59. The van der Waals surface area contributed by atoms with Gasteiger partial charge < -0.3 is 9.47 Å². The maximum absolute atomic E-state index is 12.3. The Morgan fingerprint density at radius 3 is 2.61 bits per heavy atom. The van der Waals surface area contributed by atoms with Crippen LogP contribution < -0.4 is 14.4 Å². The van der Waals surface area contributed by atoms with Gasteiger partial charge in [-0.25, -0.2) is 4.98 Å². The van der Waals surface area contributed by atoms with E-state index in [0.29, 0.717) is 5.75 Å². The average Bonchev–Trinajstić information content (AvgIpc) is 3.03. The van der Waals surface area contributed by atoms with Crippen molar-refractivity contribution in [3.05, 3.63) is 34.8 Å². The molecule has 23 heavy (non-hydrogen) atoms. The number of methoxy groups -OCH3 is 1. The first kappa shape index (κ1) is 15.8. The maximum Gasteiger partial charge on any atom is 0.266 e. The predicted molar refractivity (Wildman–Crippen MR) is 90.7 cm³/mol. The monoisotopic (exact) mass is 332 g/mol. The normalized spacial score (nSPS) is 13.3. The molecule has 1 amide bonds. The number of aromatic nitrogens is 1. The largest absolute Gasteiger partial charge is 0.497 e. The summed E-state index contributed by atoms with van der Waals surface area (Å²) in [6.07, 6.45) is 4.51. The van der Waals surface area contributed by atoms with Crippen LogP contribution in [0.3, 0.4) is 0 Å². The zero-order valence-corrected chi connectivity index (χ0v) is 14.2. The number of likely N-dealkylation sites (N-methyl/N-ethyl adjacent to an activating group) is 1. The van der Waals surface area contributed by atoms with E-state index in [1.165, 1.54) is 17.7 Å². The minimum absolute atomic E-state index is 0.00687. The van der Waals surface area contributed by atoms with Gasteiger partial charge in [0.05, 0.1) is 12.8 Å². The molecule has 2 aromatic rings. The second kappa shape index (κ2) is 7.00. The third kappa shape index (κ3) is 3.64. The van der Waals surface area contributed by atoms with Crippen LogP contribution in [-0.2, 0) is 17.6 Å². The number of amides is 1. The molecule has 1 aliphatic rings. The number of rotatable bonds is 5. The van der Waals surface area contributed by atoms with Gasteiger partial charge in [-0.05, 0) is 49.9 Å². The molecule has 0 saturated carbocycles. The molecule has 0 fully saturated rings. The second-order valence-electron chi connectivity index (χ2n) is 5.49. The third-order valence-electron chi connectivity index (χ3n) is 3.92. The van der Waals surface area contributed by atoms with E-state index in [2.05, 4.69) is 4.98 Å². The molecule has 0 saturated heterocycles. The Hall–Kier alpha value is -2.08. The Kier molecular flexibility index (Phi) is 4.81. The van der Waals surface area contributed by atoms with Gasteiger partial charge in [-0.2, -0.15) is 0 Å². The highest BCUT2D eigenvalue weighted by Gasteiger charge is 2.20. The smallest absolute Gasteiger partial charge is 0.266 e. The van der Waals surface area contributed by atoms with Crippen molar-refractivity contribution in [1.82, 2.24) is 4.98 Å². The van der Waals surface area contributed by atoms with Crippen molar-refractivity contribution in [2.75, 3.05) is 25.7 Å². The number of hydrogen-bond donors (Lipinski definition) is 0. The molecule has 0 bridgehead atoms. The molecular weight excluding hydrogens is 312 g/mol. The highest BCUT2D eigenvalue weighted by Crippen LogP contribution is 2.31. The first-order valence-electron chi connectivity index (χ1n) is 7.69. The molecule has 0 radical (unpaired) electrons. The van der Waals surface area contributed by atoms with Gasteiger partial charge in [0.15, 0.2) is 11.7 Å². The van der Waals surface area contributed by atoms with Crippen LogP contribution in [0.5, 0.6) is 11.5 Å². The number of fused-ring (bicyclic) bond motifs is 1. The molecule has 0 unspecified atom stereocenters. The van der Waals surface area contributed by atoms with Crippen LogP contribution in [0.4, 0.5) is 5.13 Å². The summed E-state index contributed by atoms with van der Waals surface area (Å²) in [5.74, 6) is 1.30. The highest BCUT2D eigenvalue weighted by atomic mass is 32.1. The second-order valence-corrected chi connectivity index (χ2v) is 6.55.